The summed E-state index contributed by atoms with van der Waals surface area (Å²) in [5, 5.41) is 18.6. The van der Waals surface area contributed by atoms with E-state index in [-0.39, 0.29) is 6.10 Å². The quantitative estimate of drug-likeness (QED) is 0.828. The van der Waals surface area contributed by atoms with Crippen molar-refractivity contribution in [2.45, 2.75) is 32.0 Å². The Labute approximate surface area is 102 Å². The molecule has 0 radical (unpaired) electrons. The zero-order chi connectivity index (χ0) is 12.4. The fourth-order valence-electron chi connectivity index (χ4n) is 2.20. The molecule has 4 heteroatoms. The molecule has 1 unspecified atom stereocenters. The van der Waals surface area contributed by atoms with E-state index in [1.165, 1.54) is 0 Å². The van der Waals surface area contributed by atoms with Gasteiger partial charge in [0.25, 0.3) is 0 Å². The van der Waals surface area contributed by atoms with Gasteiger partial charge in [-0.2, -0.15) is 0 Å². The summed E-state index contributed by atoms with van der Waals surface area (Å²) in [6, 6.07) is 3.83. The van der Waals surface area contributed by atoms with Crippen molar-refractivity contribution in [2.75, 3.05) is 18.5 Å². The third-order valence-corrected chi connectivity index (χ3v) is 3.39. The van der Waals surface area contributed by atoms with Crippen molar-refractivity contribution >= 4 is 5.82 Å². The molecule has 1 atom stereocenters. The predicted octanol–water partition coefficient (Wildman–Crippen LogP) is 1.34. The van der Waals surface area contributed by atoms with Gasteiger partial charge < -0.3 is 15.1 Å². The molecule has 1 heterocycles. The second kappa shape index (κ2) is 5.02. The molecule has 1 fully saturated rings. The van der Waals surface area contributed by atoms with Crippen LogP contribution in [-0.2, 0) is 0 Å². The highest BCUT2D eigenvalue weighted by atomic mass is 16.3. The average molecular weight is 236 g/mol. The Balaban J connectivity index is 1.92. The molecule has 17 heavy (non-hydrogen) atoms. The molecule has 0 spiro atoms. The maximum absolute atomic E-state index is 9.39. The zero-order valence-electron chi connectivity index (χ0n) is 10.4. The minimum absolute atomic E-state index is 0.0982. The van der Waals surface area contributed by atoms with Crippen LogP contribution in [0.1, 0.15) is 31.4 Å². The molecule has 1 aromatic heterocycles. The summed E-state index contributed by atoms with van der Waals surface area (Å²) in [6.07, 6.45) is 2.95. The molecular weight excluding hydrogens is 216 g/mol. The highest BCUT2D eigenvalue weighted by Gasteiger charge is 2.28. The van der Waals surface area contributed by atoms with Crippen LogP contribution >= 0.6 is 0 Å². The molecule has 0 saturated heterocycles. The number of pyridine rings is 1. The lowest BCUT2D eigenvalue weighted by atomic mass is 9.82. The highest BCUT2D eigenvalue weighted by molar-refractivity contribution is 5.38. The van der Waals surface area contributed by atoms with E-state index >= 15 is 0 Å². The van der Waals surface area contributed by atoms with Gasteiger partial charge in [-0.1, -0.05) is 6.07 Å². The first-order valence-electron chi connectivity index (χ1n) is 6.09. The van der Waals surface area contributed by atoms with E-state index < -0.39 is 6.10 Å². The number of hydrogen-bond donors (Lipinski definition) is 2. The van der Waals surface area contributed by atoms with Crippen LogP contribution in [0.3, 0.4) is 0 Å². The van der Waals surface area contributed by atoms with Gasteiger partial charge in [-0.05, 0) is 37.3 Å². The molecule has 94 valence electrons. The number of rotatable bonds is 4. The molecule has 1 aromatic rings. The van der Waals surface area contributed by atoms with Crippen LogP contribution in [0.4, 0.5) is 5.82 Å². The Morgan fingerprint density at radius 1 is 1.47 bits per heavy atom. The van der Waals surface area contributed by atoms with E-state index in [1.54, 1.807) is 13.1 Å². The maximum atomic E-state index is 9.39. The second-order valence-corrected chi connectivity index (χ2v) is 5.00. The summed E-state index contributed by atoms with van der Waals surface area (Å²) in [5.74, 6) is 1.49. The van der Waals surface area contributed by atoms with Gasteiger partial charge >= 0.3 is 0 Å². The molecule has 1 aliphatic carbocycles. The summed E-state index contributed by atoms with van der Waals surface area (Å²) in [4.78, 5) is 6.43. The molecule has 2 N–H and O–H groups in total. The Morgan fingerprint density at radius 2 is 2.18 bits per heavy atom. The molecule has 1 saturated carbocycles. The molecule has 0 bridgehead atoms. The molecule has 1 aliphatic rings. The van der Waals surface area contributed by atoms with E-state index in [2.05, 4.69) is 9.88 Å². The van der Waals surface area contributed by atoms with Gasteiger partial charge in [-0.25, -0.2) is 4.98 Å². The highest BCUT2D eigenvalue weighted by Crippen LogP contribution is 2.28. The standard InChI is InChI=1S/C13H20N2O2/c1-9(16)11-3-4-13(14-7-11)15(2)8-10-5-12(17)6-10/h3-4,7,9-10,12,16-17H,5-6,8H2,1-2H3. The molecule has 4 nitrogen and oxygen atoms in total. The van der Waals surface area contributed by atoms with Crippen LogP contribution in [0.2, 0.25) is 0 Å². The number of hydrogen-bond acceptors (Lipinski definition) is 4. The van der Waals surface area contributed by atoms with Crippen LogP contribution in [0.25, 0.3) is 0 Å². The number of nitrogens with zero attached hydrogens (tertiary/aromatic N) is 2. The van der Waals surface area contributed by atoms with Crippen LogP contribution in [0.15, 0.2) is 18.3 Å². The summed E-state index contributed by atoms with van der Waals surface area (Å²) >= 11 is 0. The number of anilines is 1. The van der Waals surface area contributed by atoms with Crippen molar-refractivity contribution < 1.29 is 10.2 Å². The first-order chi connectivity index (χ1) is 8.06. The molecular formula is C13H20N2O2. The van der Waals surface area contributed by atoms with Gasteiger partial charge in [0.15, 0.2) is 0 Å². The Bertz CT molecular complexity index is 358. The molecule has 0 aliphatic heterocycles. The van der Waals surface area contributed by atoms with Crippen LogP contribution in [0.5, 0.6) is 0 Å². The van der Waals surface area contributed by atoms with Gasteiger partial charge in [0, 0.05) is 19.8 Å². The van der Waals surface area contributed by atoms with Crippen LogP contribution in [0, 0.1) is 5.92 Å². The topological polar surface area (TPSA) is 56.6 Å². The van der Waals surface area contributed by atoms with E-state index in [1.807, 2.05) is 19.2 Å². The first kappa shape index (κ1) is 12.3. The summed E-state index contributed by atoms with van der Waals surface area (Å²) in [6.45, 7) is 2.66. The summed E-state index contributed by atoms with van der Waals surface area (Å²) in [5.41, 5.74) is 0.834. The van der Waals surface area contributed by atoms with Crippen LogP contribution < -0.4 is 4.90 Å². The first-order valence-corrected chi connectivity index (χ1v) is 6.09. The Hall–Kier alpha value is -1.13. The lowest BCUT2D eigenvalue weighted by Crippen LogP contribution is -2.37. The van der Waals surface area contributed by atoms with Crippen molar-refractivity contribution in [1.82, 2.24) is 4.98 Å². The van der Waals surface area contributed by atoms with Gasteiger partial charge in [0.05, 0.1) is 12.2 Å². The fourth-order valence-corrected chi connectivity index (χ4v) is 2.20. The average Bonchev–Trinajstić information content (AvgIpc) is 2.27. The molecule has 0 amide bonds. The second-order valence-electron chi connectivity index (χ2n) is 5.00. The van der Waals surface area contributed by atoms with E-state index in [4.69, 9.17) is 0 Å². The SMILES string of the molecule is CC(O)c1ccc(N(C)CC2CC(O)C2)nc1. The van der Waals surface area contributed by atoms with Crippen molar-refractivity contribution in [3.8, 4) is 0 Å². The summed E-state index contributed by atoms with van der Waals surface area (Å²) < 4.78 is 0. The largest absolute Gasteiger partial charge is 0.393 e. The fraction of sp³-hybridized carbons (Fsp3) is 0.615. The van der Waals surface area contributed by atoms with Crippen LogP contribution in [-0.4, -0.2) is 34.9 Å². The lowest BCUT2D eigenvalue weighted by molar-refractivity contribution is 0.0464. The van der Waals surface area contributed by atoms with Gasteiger partial charge in [0.1, 0.15) is 5.82 Å². The van der Waals surface area contributed by atoms with Crippen molar-refractivity contribution in [2.24, 2.45) is 5.92 Å². The number of aliphatic hydroxyl groups excluding tert-OH is 2. The monoisotopic (exact) mass is 236 g/mol. The van der Waals surface area contributed by atoms with Crippen molar-refractivity contribution in [3.05, 3.63) is 23.9 Å². The lowest BCUT2D eigenvalue weighted by Gasteiger charge is -2.34. The maximum Gasteiger partial charge on any atom is 0.128 e. The van der Waals surface area contributed by atoms with E-state index in [9.17, 15) is 10.2 Å². The van der Waals surface area contributed by atoms with Crippen molar-refractivity contribution in [1.29, 1.82) is 0 Å². The van der Waals surface area contributed by atoms with E-state index in [0.29, 0.717) is 5.92 Å². The number of aliphatic hydroxyl groups is 2. The normalized spacial score (nSPS) is 25.2. The van der Waals surface area contributed by atoms with Crippen molar-refractivity contribution in [3.63, 3.8) is 0 Å². The Kier molecular flexibility index (Phi) is 3.64. The Morgan fingerprint density at radius 3 is 2.65 bits per heavy atom. The van der Waals surface area contributed by atoms with E-state index in [0.717, 1.165) is 30.8 Å². The number of aromatic nitrogens is 1. The van der Waals surface area contributed by atoms with Gasteiger partial charge in [-0.15, -0.1) is 0 Å². The minimum Gasteiger partial charge on any atom is -0.393 e. The van der Waals surface area contributed by atoms with Gasteiger partial charge in [0.2, 0.25) is 0 Å². The molecule has 0 aromatic carbocycles. The smallest absolute Gasteiger partial charge is 0.128 e. The third-order valence-electron chi connectivity index (χ3n) is 3.39. The third kappa shape index (κ3) is 2.96. The predicted molar refractivity (Wildman–Crippen MR) is 66.9 cm³/mol. The molecule has 2 rings (SSSR count). The minimum atomic E-state index is -0.469. The van der Waals surface area contributed by atoms with Gasteiger partial charge in [-0.3, -0.25) is 0 Å². The summed E-state index contributed by atoms with van der Waals surface area (Å²) in [7, 11) is 2.01. The zero-order valence-corrected chi connectivity index (χ0v) is 10.4.